The number of aromatic nitrogens is 4. The van der Waals surface area contributed by atoms with E-state index in [2.05, 4.69) is 17.1 Å². The molecule has 0 bridgehead atoms. The number of hydrogen-bond donors (Lipinski definition) is 1. The molecule has 5 nitrogen and oxygen atoms in total. The van der Waals surface area contributed by atoms with Gasteiger partial charge in [-0.2, -0.15) is 5.10 Å². The molecule has 0 aliphatic heterocycles. The van der Waals surface area contributed by atoms with Crippen molar-refractivity contribution in [2.45, 2.75) is 52.6 Å². The van der Waals surface area contributed by atoms with E-state index in [9.17, 15) is 4.79 Å². The highest BCUT2D eigenvalue weighted by molar-refractivity contribution is 7.71. The van der Waals surface area contributed by atoms with Crippen molar-refractivity contribution in [3.63, 3.8) is 0 Å². The lowest BCUT2D eigenvalue weighted by Crippen LogP contribution is -2.25. The van der Waals surface area contributed by atoms with Crippen LogP contribution < -0.4 is 5.56 Å². The fourth-order valence-electron chi connectivity index (χ4n) is 3.17. The minimum Gasteiger partial charge on any atom is -0.312 e. The molecule has 2 heterocycles. The van der Waals surface area contributed by atoms with Crippen LogP contribution >= 0.6 is 12.2 Å². The highest BCUT2D eigenvalue weighted by Crippen LogP contribution is 2.25. The zero-order valence-corrected chi connectivity index (χ0v) is 13.3. The van der Waals surface area contributed by atoms with E-state index in [4.69, 9.17) is 12.2 Å². The number of H-pyrrole nitrogens is 1. The molecule has 6 heteroatoms. The number of hydrogen-bond acceptors (Lipinski definition) is 3. The Hall–Kier alpha value is -1.69. The molecule has 2 aromatic heterocycles. The topological polar surface area (TPSA) is 55.6 Å². The molecule has 1 aliphatic rings. The lowest BCUT2D eigenvalue weighted by atomic mass is 10.1. The third kappa shape index (κ3) is 2.27. The highest BCUT2D eigenvalue weighted by atomic mass is 32.1. The van der Waals surface area contributed by atoms with Crippen LogP contribution in [0.25, 0.3) is 11.4 Å². The van der Waals surface area contributed by atoms with Crippen molar-refractivity contribution in [2.75, 3.05) is 0 Å². The monoisotopic (exact) mass is 304 g/mol. The predicted octanol–water partition coefficient (Wildman–Crippen LogP) is 2.69. The van der Waals surface area contributed by atoms with Crippen LogP contribution in [0.3, 0.4) is 0 Å². The SMILES string of the molecule is CCCn1c(-c2cc3c(n(CC)c2=O)CCC3)n[nH]c1=S. The van der Waals surface area contributed by atoms with Gasteiger partial charge < -0.3 is 9.13 Å². The average Bonchev–Trinajstić information content (AvgIpc) is 3.07. The molecule has 0 atom stereocenters. The summed E-state index contributed by atoms with van der Waals surface area (Å²) in [6, 6.07) is 2.02. The van der Waals surface area contributed by atoms with Crippen LogP contribution in [0.2, 0.25) is 0 Å². The van der Waals surface area contributed by atoms with E-state index < -0.39 is 0 Å². The predicted molar refractivity (Wildman–Crippen MR) is 85.1 cm³/mol. The van der Waals surface area contributed by atoms with Gasteiger partial charge in [-0.15, -0.1) is 0 Å². The van der Waals surface area contributed by atoms with Gasteiger partial charge in [0.15, 0.2) is 10.6 Å². The minimum atomic E-state index is 0.0458. The van der Waals surface area contributed by atoms with Gasteiger partial charge in [-0.3, -0.25) is 9.89 Å². The fraction of sp³-hybridized carbons (Fsp3) is 0.533. The lowest BCUT2D eigenvalue weighted by molar-refractivity contribution is 0.664. The largest absolute Gasteiger partial charge is 0.312 e. The normalized spacial score (nSPS) is 13.6. The Balaban J connectivity index is 2.25. The second-order valence-electron chi connectivity index (χ2n) is 5.44. The molecule has 112 valence electrons. The average molecular weight is 304 g/mol. The molecule has 0 amide bonds. The van der Waals surface area contributed by atoms with E-state index in [-0.39, 0.29) is 5.56 Å². The molecular weight excluding hydrogens is 284 g/mol. The van der Waals surface area contributed by atoms with Gasteiger partial charge in [-0.1, -0.05) is 6.92 Å². The molecule has 0 saturated carbocycles. The van der Waals surface area contributed by atoms with Gasteiger partial charge in [-0.25, -0.2) is 0 Å². The fourth-order valence-corrected chi connectivity index (χ4v) is 3.39. The van der Waals surface area contributed by atoms with E-state index in [1.165, 1.54) is 11.3 Å². The molecule has 0 saturated heterocycles. The van der Waals surface area contributed by atoms with Gasteiger partial charge >= 0.3 is 0 Å². The van der Waals surface area contributed by atoms with Crippen LogP contribution in [0.15, 0.2) is 10.9 Å². The van der Waals surface area contributed by atoms with Crippen molar-refractivity contribution in [1.29, 1.82) is 0 Å². The summed E-state index contributed by atoms with van der Waals surface area (Å²) in [6.07, 6.45) is 4.12. The number of rotatable bonds is 4. The van der Waals surface area contributed by atoms with Gasteiger partial charge in [0.25, 0.3) is 5.56 Å². The van der Waals surface area contributed by atoms with Gasteiger partial charge in [0.05, 0.1) is 5.56 Å². The summed E-state index contributed by atoms with van der Waals surface area (Å²) >= 11 is 5.28. The maximum atomic E-state index is 12.8. The summed E-state index contributed by atoms with van der Waals surface area (Å²) in [7, 11) is 0. The summed E-state index contributed by atoms with van der Waals surface area (Å²) in [5.74, 6) is 0.670. The Kier molecular flexibility index (Phi) is 3.80. The quantitative estimate of drug-likeness (QED) is 0.884. The number of nitrogens with one attached hydrogen (secondary N) is 1. The summed E-state index contributed by atoms with van der Waals surface area (Å²) in [6.45, 7) is 5.58. The summed E-state index contributed by atoms with van der Waals surface area (Å²) < 4.78 is 4.40. The van der Waals surface area contributed by atoms with Gasteiger partial charge in [0.1, 0.15) is 0 Å². The summed E-state index contributed by atoms with van der Waals surface area (Å²) in [5, 5.41) is 7.12. The Morgan fingerprint density at radius 2 is 2.14 bits per heavy atom. The Bertz CT molecular complexity index is 784. The van der Waals surface area contributed by atoms with Crippen molar-refractivity contribution < 1.29 is 0 Å². The number of aryl methyl sites for hydroxylation is 1. The maximum absolute atomic E-state index is 12.8. The second-order valence-corrected chi connectivity index (χ2v) is 5.82. The molecule has 0 spiro atoms. The number of pyridine rings is 1. The van der Waals surface area contributed by atoms with Crippen molar-refractivity contribution in [1.82, 2.24) is 19.3 Å². The smallest absolute Gasteiger partial charge is 0.261 e. The van der Waals surface area contributed by atoms with Crippen molar-refractivity contribution in [3.05, 3.63) is 32.4 Å². The van der Waals surface area contributed by atoms with Gasteiger partial charge in [0, 0.05) is 18.8 Å². The van der Waals surface area contributed by atoms with Crippen molar-refractivity contribution in [2.24, 2.45) is 0 Å². The molecule has 2 aromatic rings. The third-order valence-corrected chi connectivity index (χ3v) is 4.42. The molecule has 1 aliphatic carbocycles. The Labute approximate surface area is 128 Å². The van der Waals surface area contributed by atoms with Crippen LogP contribution in [-0.4, -0.2) is 19.3 Å². The summed E-state index contributed by atoms with van der Waals surface area (Å²) in [4.78, 5) is 12.8. The second kappa shape index (κ2) is 5.60. The lowest BCUT2D eigenvalue weighted by Gasteiger charge is -2.13. The molecule has 21 heavy (non-hydrogen) atoms. The first kappa shape index (κ1) is 14.3. The molecular formula is C15H20N4OS. The number of nitrogens with zero attached hydrogens (tertiary/aromatic N) is 3. The minimum absolute atomic E-state index is 0.0458. The molecule has 1 N–H and O–H groups in total. The Morgan fingerprint density at radius 3 is 2.86 bits per heavy atom. The molecule has 0 aromatic carbocycles. The molecule has 0 unspecified atom stereocenters. The first-order chi connectivity index (χ1) is 10.2. The van der Waals surface area contributed by atoms with Crippen molar-refractivity contribution in [3.8, 4) is 11.4 Å². The van der Waals surface area contributed by atoms with E-state index >= 15 is 0 Å². The van der Waals surface area contributed by atoms with Crippen molar-refractivity contribution >= 4 is 12.2 Å². The highest BCUT2D eigenvalue weighted by Gasteiger charge is 2.21. The number of fused-ring (bicyclic) bond motifs is 1. The first-order valence-corrected chi connectivity index (χ1v) is 7.99. The Morgan fingerprint density at radius 1 is 1.33 bits per heavy atom. The molecule has 0 fully saturated rings. The zero-order valence-electron chi connectivity index (χ0n) is 12.5. The van der Waals surface area contributed by atoms with E-state index in [0.29, 0.717) is 22.7 Å². The van der Waals surface area contributed by atoms with Crippen LogP contribution in [0, 0.1) is 4.77 Å². The first-order valence-electron chi connectivity index (χ1n) is 7.58. The summed E-state index contributed by atoms with van der Waals surface area (Å²) in [5.41, 5.74) is 3.19. The van der Waals surface area contributed by atoms with Crippen LogP contribution in [-0.2, 0) is 25.9 Å². The van der Waals surface area contributed by atoms with Gasteiger partial charge in [-0.05, 0) is 56.5 Å². The maximum Gasteiger partial charge on any atom is 0.261 e. The molecule has 3 rings (SSSR count). The van der Waals surface area contributed by atoms with E-state index in [1.807, 2.05) is 22.1 Å². The van der Waals surface area contributed by atoms with Crippen LogP contribution in [0.4, 0.5) is 0 Å². The zero-order chi connectivity index (χ0) is 15.0. The molecule has 0 radical (unpaired) electrons. The van der Waals surface area contributed by atoms with E-state index in [0.717, 1.165) is 32.2 Å². The number of aromatic amines is 1. The van der Waals surface area contributed by atoms with Crippen LogP contribution in [0.1, 0.15) is 37.9 Å². The standard InChI is InChI=1S/C15H20N4OS/c1-3-8-19-13(16-17-15(19)21)11-9-10-6-5-7-12(10)18(4-2)14(11)20/h9H,3-8H2,1-2H3,(H,17,21). The van der Waals surface area contributed by atoms with Crippen LogP contribution in [0.5, 0.6) is 0 Å². The van der Waals surface area contributed by atoms with E-state index in [1.54, 1.807) is 0 Å². The third-order valence-electron chi connectivity index (χ3n) is 4.11. The van der Waals surface area contributed by atoms with Gasteiger partial charge in [0.2, 0.25) is 0 Å².